The average Bonchev–Trinajstić information content (AvgIpc) is 2.39. The van der Waals surface area contributed by atoms with E-state index in [1.54, 1.807) is 18.9 Å². The van der Waals surface area contributed by atoms with Crippen LogP contribution in [0.4, 0.5) is 0 Å². The predicted molar refractivity (Wildman–Crippen MR) is 70.1 cm³/mol. The molecule has 0 unspecified atom stereocenters. The van der Waals surface area contributed by atoms with E-state index >= 15 is 0 Å². The summed E-state index contributed by atoms with van der Waals surface area (Å²) in [4.78, 5) is 13.5. The predicted octanol–water partition coefficient (Wildman–Crippen LogP) is 0.678. The Hall–Kier alpha value is -1.39. The van der Waals surface area contributed by atoms with Gasteiger partial charge in [0.1, 0.15) is 0 Å². The maximum Gasteiger partial charge on any atom is 0.226 e. The van der Waals surface area contributed by atoms with E-state index in [0.717, 1.165) is 5.56 Å². The van der Waals surface area contributed by atoms with Gasteiger partial charge in [0.25, 0.3) is 0 Å². The molecule has 0 aromatic heterocycles. The van der Waals surface area contributed by atoms with E-state index in [0.29, 0.717) is 13.0 Å². The first-order chi connectivity index (χ1) is 8.50. The Balaban J connectivity index is 2.57. The molecule has 0 saturated heterocycles. The van der Waals surface area contributed by atoms with Gasteiger partial charge in [0.15, 0.2) is 0 Å². The summed E-state index contributed by atoms with van der Waals surface area (Å²) in [6.45, 7) is 1.80. The summed E-state index contributed by atoms with van der Waals surface area (Å²) in [6.07, 6.45) is 0.338. The number of aliphatic hydroxyl groups is 2. The fourth-order valence-corrected chi connectivity index (χ4v) is 1.72. The molecule has 100 valence electrons. The number of likely N-dealkylation sites (N-methyl/N-ethyl adjacent to an activating group) is 1. The van der Waals surface area contributed by atoms with Crippen molar-refractivity contribution in [3.63, 3.8) is 0 Å². The van der Waals surface area contributed by atoms with Crippen molar-refractivity contribution in [1.29, 1.82) is 0 Å². The molecule has 0 heterocycles. The summed E-state index contributed by atoms with van der Waals surface area (Å²) >= 11 is 0. The van der Waals surface area contributed by atoms with Crippen LogP contribution in [0.1, 0.15) is 12.5 Å². The monoisotopic (exact) mass is 251 g/mol. The van der Waals surface area contributed by atoms with Crippen molar-refractivity contribution in [3.8, 4) is 0 Å². The van der Waals surface area contributed by atoms with Crippen LogP contribution in [0.5, 0.6) is 0 Å². The lowest BCUT2D eigenvalue weighted by Gasteiger charge is -2.30. The number of aliphatic hydroxyl groups excluding tert-OH is 2. The van der Waals surface area contributed by atoms with Gasteiger partial charge in [0.05, 0.1) is 19.6 Å². The maximum atomic E-state index is 12.0. The van der Waals surface area contributed by atoms with Gasteiger partial charge in [0.2, 0.25) is 5.91 Å². The fourth-order valence-electron chi connectivity index (χ4n) is 1.72. The number of hydrogen-bond donors (Lipinski definition) is 2. The minimum atomic E-state index is -0.652. The van der Waals surface area contributed by atoms with Crippen LogP contribution in [0.3, 0.4) is 0 Å². The van der Waals surface area contributed by atoms with E-state index in [2.05, 4.69) is 0 Å². The Morgan fingerprint density at radius 2 is 1.78 bits per heavy atom. The van der Waals surface area contributed by atoms with E-state index in [1.165, 1.54) is 0 Å². The molecule has 1 aromatic rings. The molecule has 18 heavy (non-hydrogen) atoms. The Morgan fingerprint density at radius 1 is 1.22 bits per heavy atom. The minimum absolute atomic E-state index is 0.0191. The third kappa shape index (κ3) is 4.13. The van der Waals surface area contributed by atoms with Gasteiger partial charge in [-0.3, -0.25) is 4.79 Å². The summed E-state index contributed by atoms with van der Waals surface area (Å²) < 4.78 is 0. The van der Waals surface area contributed by atoms with Crippen molar-refractivity contribution in [2.24, 2.45) is 5.41 Å². The lowest BCUT2D eigenvalue weighted by atomic mass is 9.92. The van der Waals surface area contributed by atoms with Crippen molar-refractivity contribution in [3.05, 3.63) is 35.9 Å². The number of carbonyl (C=O) groups is 1. The Morgan fingerprint density at radius 3 is 2.28 bits per heavy atom. The Labute approximate surface area is 108 Å². The molecule has 1 rings (SSSR count). The van der Waals surface area contributed by atoms with Crippen LogP contribution in [0, 0.1) is 5.41 Å². The van der Waals surface area contributed by atoms with Crippen LogP contribution in [0.15, 0.2) is 30.3 Å². The minimum Gasteiger partial charge on any atom is -0.396 e. The number of carbonyl (C=O) groups excluding carboxylic acids is 1. The second kappa shape index (κ2) is 6.52. The average molecular weight is 251 g/mol. The molecule has 0 radical (unpaired) electrons. The van der Waals surface area contributed by atoms with Crippen LogP contribution < -0.4 is 0 Å². The summed E-state index contributed by atoms with van der Waals surface area (Å²) in [6, 6.07) is 9.51. The van der Waals surface area contributed by atoms with Gasteiger partial charge >= 0.3 is 0 Å². The molecule has 1 amide bonds. The molecule has 2 N–H and O–H groups in total. The first-order valence-corrected chi connectivity index (χ1v) is 6.00. The van der Waals surface area contributed by atoms with Crippen molar-refractivity contribution in [2.45, 2.75) is 13.3 Å². The third-order valence-electron chi connectivity index (χ3n) is 3.01. The van der Waals surface area contributed by atoms with Crippen LogP contribution in [0.25, 0.3) is 0 Å². The van der Waals surface area contributed by atoms with Crippen LogP contribution in [0.2, 0.25) is 0 Å². The smallest absolute Gasteiger partial charge is 0.226 e. The van der Waals surface area contributed by atoms with Crippen molar-refractivity contribution in [1.82, 2.24) is 4.90 Å². The lowest BCUT2D eigenvalue weighted by molar-refractivity contribution is -0.131. The first kappa shape index (κ1) is 14.7. The largest absolute Gasteiger partial charge is 0.396 e. The highest BCUT2D eigenvalue weighted by Crippen LogP contribution is 2.16. The molecule has 1 aromatic carbocycles. The van der Waals surface area contributed by atoms with Crippen LogP contribution >= 0.6 is 0 Å². The zero-order valence-corrected chi connectivity index (χ0v) is 11.0. The van der Waals surface area contributed by atoms with Crippen molar-refractivity contribution < 1.29 is 15.0 Å². The van der Waals surface area contributed by atoms with E-state index in [9.17, 15) is 15.0 Å². The van der Waals surface area contributed by atoms with E-state index in [1.807, 2.05) is 30.3 Å². The molecule has 4 nitrogen and oxygen atoms in total. The van der Waals surface area contributed by atoms with Gasteiger partial charge in [-0.2, -0.15) is 0 Å². The normalized spacial score (nSPS) is 11.3. The fraction of sp³-hybridized carbons (Fsp3) is 0.500. The van der Waals surface area contributed by atoms with Crippen molar-refractivity contribution >= 4 is 5.91 Å². The molecule has 0 atom stereocenters. The summed E-state index contributed by atoms with van der Waals surface area (Å²) in [7, 11) is 1.69. The highest BCUT2D eigenvalue weighted by molar-refractivity contribution is 5.78. The highest BCUT2D eigenvalue weighted by Gasteiger charge is 2.26. The SMILES string of the molecule is CN(CC(C)(CO)CO)C(=O)Cc1ccccc1. The van der Waals surface area contributed by atoms with Gasteiger partial charge in [-0.25, -0.2) is 0 Å². The van der Waals surface area contributed by atoms with Gasteiger partial charge in [0, 0.05) is 19.0 Å². The van der Waals surface area contributed by atoms with Crippen molar-refractivity contribution in [2.75, 3.05) is 26.8 Å². The molecule has 0 aliphatic rings. The number of nitrogens with zero attached hydrogens (tertiary/aromatic N) is 1. The molecule has 0 fully saturated rings. The number of hydrogen-bond acceptors (Lipinski definition) is 3. The highest BCUT2D eigenvalue weighted by atomic mass is 16.3. The molecule has 4 heteroatoms. The van der Waals surface area contributed by atoms with Gasteiger partial charge in [-0.05, 0) is 5.56 Å². The summed E-state index contributed by atoms with van der Waals surface area (Å²) in [5.41, 5.74) is 0.310. The molecule has 0 spiro atoms. The Bertz CT molecular complexity index is 374. The standard InChI is InChI=1S/C14H21NO3/c1-14(10-16,11-17)9-15(2)13(18)8-12-6-4-3-5-7-12/h3-7,16-17H,8-11H2,1-2H3. The summed E-state index contributed by atoms with van der Waals surface area (Å²) in [5.74, 6) is -0.0191. The molecule has 0 aliphatic heterocycles. The zero-order valence-electron chi connectivity index (χ0n) is 11.0. The second-order valence-corrected chi connectivity index (χ2v) is 5.04. The third-order valence-corrected chi connectivity index (χ3v) is 3.01. The van der Waals surface area contributed by atoms with Gasteiger partial charge < -0.3 is 15.1 Å². The summed E-state index contributed by atoms with van der Waals surface area (Å²) in [5, 5.41) is 18.4. The first-order valence-electron chi connectivity index (χ1n) is 6.00. The maximum absolute atomic E-state index is 12.0. The molecule has 0 bridgehead atoms. The van der Waals surface area contributed by atoms with E-state index in [4.69, 9.17) is 0 Å². The number of amides is 1. The number of benzene rings is 1. The quantitative estimate of drug-likeness (QED) is 0.781. The zero-order chi connectivity index (χ0) is 13.6. The van der Waals surface area contributed by atoms with Gasteiger partial charge in [-0.15, -0.1) is 0 Å². The molecule has 0 saturated carbocycles. The second-order valence-electron chi connectivity index (χ2n) is 5.04. The molecule has 0 aliphatic carbocycles. The van der Waals surface area contributed by atoms with Crippen LogP contribution in [-0.4, -0.2) is 47.8 Å². The van der Waals surface area contributed by atoms with Gasteiger partial charge in [-0.1, -0.05) is 37.3 Å². The topological polar surface area (TPSA) is 60.8 Å². The molecular formula is C14H21NO3. The lowest BCUT2D eigenvalue weighted by Crippen LogP contribution is -2.42. The Kier molecular flexibility index (Phi) is 5.31. The van der Waals surface area contributed by atoms with E-state index < -0.39 is 5.41 Å². The molecular weight excluding hydrogens is 230 g/mol. The van der Waals surface area contributed by atoms with E-state index in [-0.39, 0.29) is 19.1 Å². The number of rotatable bonds is 6. The van der Waals surface area contributed by atoms with Crippen LogP contribution in [-0.2, 0) is 11.2 Å².